The molecule has 1 fully saturated rings. The second kappa shape index (κ2) is 7.28. The first-order valence-corrected chi connectivity index (χ1v) is 8.45. The Kier molecular flexibility index (Phi) is 5.60. The van der Waals surface area contributed by atoms with Gasteiger partial charge in [-0.05, 0) is 53.4 Å². The molecular weight excluding hydrogens is 294 g/mol. The number of carbonyl (C=O) groups excluding carboxylic acids is 2. The molecule has 0 spiro atoms. The molecule has 1 aliphatic carbocycles. The Morgan fingerprint density at radius 1 is 1.30 bits per heavy atom. The molecule has 0 aromatic carbocycles. The lowest BCUT2D eigenvalue weighted by Crippen LogP contribution is -2.29. The Bertz CT molecular complexity index is 553. The minimum atomic E-state index is -0.615. The van der Waals surface area contributed by atoms with Gasteiger partial charge < -0.3 is 9.15 Å². The van der Waals surface area contributed by atoms with E-state index in [1.54, 1.807) is 20.1 Å². The number of ether oxygens (including phenoxy) is 1. The highest BCUT2D eigenvalue weighted by Gasteiger charge is 2.32. The van der Waals surface area contributed by atoms with Crippen LogP contribution >= 0.6 is 0 Å². The number of ketones is 1. The van der Waals surface area contributed by atoms with Gasteiger partial charge in [0, 0.05) is 18.3 Å². The Balaban J connectivity index is 1.96. The van der Waals surface area contributed by atoms with Gasteiger partial charge in [-0.3, -0.25) is 9.59 Å². The summed E-state index contributed by atoms with van der Waals surface area (Å²) in [6, 6.07) is 0. The largest absolute Gasteiger partial charge is 0.466 e. The average Bonchev–Trinajstić information content (AvgIpc) is 2.95. The maximum atomic E-state index is 12.0. The van der Waals surface area contributed by atoms with Gasteiger partial charge in [0.15, 0.2) is 5.89 Å². The number of aromatic nitrogens is 1. The van der Waals surface area contributed by atoms with Crippen molar-refractivity contribution < 1.29 is 18.7 Å². The van der Waals surface area contributed by atoms with Gasteiger partial charge >= 0.3 is 5.97 Å². The smallest absolute Gasteiger partial charge is 0.311 e. The number of hydrogen-bond acceptors (Lipinski definition) is 5. The van der Waals surface area contributed by atoms with Crippen LogP contribution in [0.15, 0.2) is 10.7 Å². The van der Waals surface area contributed by atoms with E-state index in [9.17, 15) is 9.59 Å². The second-order valence-corrected chi connectivity index (χ2v) is 7.12. The van der Waals surface area contributed by atoms with Gasteiger partial charge in [-0.2, -0.15) is 0 Å². The number of esters is 1. The van der Waals surface area contributed by atoms with Crippen molar-refractivity contribution in [2.45, 2.75) is 65.7 Å². The number of hydrogen-bond donors (Lipinski definition) is 0. The van der Waals surface area contributed by atoms with Gasteiger partial charge in [-0.1, -0.05) is 0 Å². The highest BCUT2D eigenvalue weighted by Crippen LogP contribution is 2.36. The molecule has 5 heteroatoms. The summed E-state index contributed by atoms with van der Waals surface area (Å²) in [4.78, 5) is 28.0. The topological polar surface area (TPSA) is 69.4 Å². The molecule has 0 radical (unpaired) electrons. The van der Waals surface area contributed by atoms with Gasteiger partial charge in [0.25, 0.3) is 0 Å². The molecule has 1 saturated carbocycles. The molecule has 5 nitrogen and oxygen atoms in total. The van der Waals surface area contributed by atoms with Crippen LogP contribution in [-0.2, 0) is 20.7 Å². The molecule has 1 aliphatic rings. The Hall–Kier alpha value is -1.65. The Morgan fingerprint density at radius 3 is 2.52 bits per heavy atom. The van der Waals surface area contributed by atoms with Gasteiger partial charge in [0.1, 0.15) is 12.0 Å². The molecule has 0 atom stereocenters. The summed E-state index contributed by atoms with van der Waals surface area (Å²) in [6.45, 7) is 7.58. The molecule has 2 rings (SSSR count). The van der Waals surface area contributed by atoms with Crippen molar-refractivity contribution in [1.29, 1.82) is 0 Å². The third kappa shape index (κ3) is 4.43. The minimum absolute atomic E-state index is 0.198. The highest BCUT2D eigenvalue weighted by molar-refractivity contribution is 5.78. The Labute approximate surface area is 137 Å². The quantitative estimate of drug-likeness (QED) is 0.748. The predicted molar refractivity (Wildman–Crippen MR) is 86.0 cm³/mol. The zero-order valence-corrected chi connectivity index (χ0v) is 14.6. The van der Waals surface area contributed by atoms with Crippen molar-refractivity contribution in [1.82, 2.24) is 4.98 Å². The normalized spacial score (nSPS) is 21.9. The van der Waals surface area contributed by atoms with Crippen LogP contribution in [0.25, 0.3) is 0 Å². The van der Waals surface area contributed by atoms with Crippen LogP contribution in [0.1, 0.15) is 70.9 Å². The van der Waals surface area contributed by atoms with E-state index in [0.717, 1.165) is 37.3 Å². The molecule has 128 valence electrons. The van der Waals surface area contributed by atoms with Crippen LogP contribution in [0.5, 0.6) is 0 Å². The lowest BCUT2D eigenvalue weighted by molar-refractivity contribution is -0.153. The van der Waals surface area contributed by atoms with Gasteiger partial charge in [-0.15, -0.1) is 0 Å². The molecule has 0 bridgehead atoms. The first kappa shape index (κ1) is 17.7. The third-order valence-corrected chi connectivity index (χ3v) is 4.67. The molecule has 1 aromatic heterocycles. The van der Waals surface area contributed by atoms with E-state index in [-0.39, 0.29) is 23.6 Å². The summed E-state index contributed by atoms with van der Waals surface area (Å²) >= 11 is 0. The van der Waals surface area contributed by atoms with Crippen molar-refractivity contribution in [2.24, 2.45) is 11.3 Å². The minimum Gasteiger partial charge on any atom is -0.466 e. The molecule has 0 amide bonds. The fraction of sp³-hybridized carbons (Fsp3) is 0.722. The number of rotatable bonds is 6. The van der Waals surface area contributed by atoms with E-state index in [0.29, 0.717) is 13.0 Å². The van der Waals surface area contributed by atoms with Crippen molar-refractivity contribution in [3.05, 3.63) is 17.8 Å². The highest BCUT2D eigenvalue weighted by atomic mass is 16.5. The van der Waals surface area contributed by atoms with Gasteiger partial charge in [-0.25, -0.2) is 4.98 Å². The zero-order valence-electron chi connectivity index (χ0n) is 14.6. The lowest BCUT2D eigenvalue weighted by atomic mass is 9.80. The fourth-order valence-electron chi connectivity index (χ4n) is 3.19. The SMILES string of the molecule is CCOC(=O)C(C)(C)Cc1coc(C2CCC(C(C)=O)CC2)n1. The summed E-state index contributed by atoms with van der Waals surface area (Å²) in [6.07, 6.45) is 5.83. The maximum Gasteiger partial charge on any atom is 0.311 e. The van der Waals surface area contributed by atoms with Crippen LogP contribution in [-0.4, -0.2) is 23.3 Å². The van der Waals surface area contributed by atoms with E-state index in [4.69, 9.17) is 9.15 Å². The molecule has 1 heterocycles. The predicted octanol–water partition coefficient (Wildman–Crippen LogP) is 3.67. The van der Waals surface area contributed by atoms with Gasteiger partial charge in [0.05, 0.1) is 17.7 Å². The molecule has 23 heavy (non-hydrogen) atoms. The Morgan fingerprint density at radius 2 is 1.96 bits per heavy atom. The molecular formula is C18H27NO4. The van der Waals surface area contributed by atoms with E-state index < -0.39 is 5.41 Å². The van der Waals surface area contributed by atoms with E-state index in [2.05, 4.69) is 4.98 Å². The summed E-state index contributed by atoms with van der Waals surface area (Å²) in [7, 11) is 0. The van der Waals surface area contributed by atoms with Crippen LogP contribution in [0.4, 0.5) is 0 Å². The fourth-order valence-corrected chi connectivity index (χ4v) is 3.19. The number of carbonyl (C=O) groups is 2. The summed E-state index contributed by atoms with van der Waals surface area (Å²) in [5.41, 5.74) is 0.169. The van der Waals surface area contributed by atoms with Crippen LogP contribution in [0, 0.1) is 11.3 Å². The van der Waals surface area contributed by atoms with Crippen LogP contribution in [0.2, 0.25) is 0 Å². The average molecular weight is 321 g/mol. The second-order valence-electron chi connectivity index (χ2n) is 7.12. The molecule has 0 aliphatic heterocycles. The van der Waals surface area contributed by atoms with Crippen LogP contribution < -0.4 is 0 Å². The molecule has 0 N–H and O–H groups in total. The van der Waals surface area contributed by atoms with E-state index in [1.807, 2.05) is 13.8 Å². The van der Waals surface area contributed by atoms with Crippen molar-refractivity contribution in [2.75, 3.05) is 6.61 Å². The first-order chi connectivity index (χ1) is 10.8. The van der Waals surface area contributed by atoms with Crippen molar-refractivity contribution in [3.8, 4) is 0 Å². The lowest BCUT2D eigenvalue weighted by Gasteiger charge is -2.24. The van der Waals surface area contributed by atoms with E-state index >= 15 is 0 Å². The number of oxazole rings is 1. The standard InChI is InChI=1S/C18H27NO4/c1-5-22-17(21)18(3,4)10-15-11-23-16(19-15)14-8-6-13(7-9-14)12(2)20/h11,13-14H,5-10H2,1-4H3. The monoisotopic (exact) mass is 321 g/mol. The first-order valence-electron chi connectivity index (χ1n) is 8.45. The number of nitrogens with zero attached hydrogens (tertiary/aromatic N) is 1. The van der Waals surface area contributed by atoms with Crippen molar-refractivity contribution in [3.63, 3.8) is 0 Å². The summed E-state index contributed by atoms with van der Waals surface area (Å²) < 4.78 is 10.7. The van der Waals surface area contributed by atoms with Crippen molar-refractivity contribution >= 4 is 11.8 Å². The molecule has 0 unspecified atom stereocenters. The van der Waals surface area contributed by atoms with Crippen LogP contribution in [0.3, 0.4) is 0 Å². The number of Topliss-reactive ketones (excluding diaryl/α,β-unsaturated/α-hetero) is 1. The summed E-state index contributed by atoms with van der Waals surface area (Å²) in [5, 5.41) is 0. The van der Waals surface area contributed by atoms with E-state index in [1.165, 1.54) is 0 Å². The molecule has 1 aromatic rings. The maximum absolute atomic E-state index is 12.0. The molecule has 0 saturated heterocycles. The third-order valence-electron chi connectivity index (χ3n) is 4.67. The zero-order chi connectivity index (χ0) is 17.0. The van der Waals surface area contributed by atoms with Gasteiger partial charge in [0.2, 0.25) is 0 Å². The summed E-state index contributed by atoms with van der Waals surface area (Å²) in [5.74, 6) is 1.29.